The third-order valence-electron chi connectivity index (χ3n) is 6.42. The summed E-state index contributed by atoms with van der Waals surface area (Å²) >= 11 is 1.58. The number of carbonyl (C=O) groups excluding carboxylic acids is 1. The Morgan fingerprint density at radius 3 is 2.82 bits per heavy atom. The Bertz CT molecular complexity index is 1020. The number of hydrogen-bond acceptors (Lipinski definition) is 5. The van der Waals surface area contributed by atoms with Crippen LogP contribution in [0.3, 0.4) is 0 Å². The summed E-state index contributed by atoms with van der Waals surface area (Å²) in [6.45, 7) is 11.0. The maximum Gasteiger partial charge on any atom is 0.228 e. The second kappa shape index (κ2) is 11.8. The van der Waals surface area contributed by atoms with Crippen molar-refractivity contribution in [3.05, 3.63) is 65.2 Å². The molecule has 1 aromatic rings. The molecule has 1 saturated carbocycles. The highest BCUT2D eigenvalue weighted by atomic mass is 32.1. The number of nitrogens with zero attached hydrogens (tertiary/aromatic N) is 3. The molecule has 3 heterocycles. The number of anilines is 1. The lowest BCUT2D eigenvalue weighted by Crippen LogP contribution is -2.36. The van der Waals surface area contributed by atoms with E-state index in [1.807, 2.05) is 24.1 Å². The second-order valence-corrected chi connectivity index (χ2v) is 9.61. The first kappa shape index (κ1) is 24.7. The molecule has 5 nitrogen and oxygen atoms in total. The molecular weight excluding hydrogens is 428 g/mol. The summed E-state index contributed by atoms with van der Waals surface area (Å²) in [5, 5.41) is 13.3. The minimum atomic E-state index is 0.137. The van der Waals surface area contributed by atoms with Gasteiger partial charge in [0, 0.05) is 30.4 Å². The third-order valence-corrected chi connectivity index (χ3v) is 7.66. The zero-order chi connectivity index (χ0) is 23.8. The number of thiophene rings is 1. The van der Waals surface area contributed by atoms with E-state index in [0.717, 1.165) is 64.2 Å². The lowest BCUT2D eigenvalue weighted by atomic mass is 10.0. The summed E-state index contributed by atoms with van der Waals surface area (Å²) in [5.74, 6) is 1.68. The van der Waals surface area contributed by atoms with E-state index < -0.39 is 0 Å². The number of carbonyl (C=O) groups is 1. The van der Waals surface area contributed by atoms with Crippen LogP contribution in [-0.4, -0.2) is 30.1 Å². The van der Waals surface area contributed by atoms with Crippen LogP contribution in [0.1, 0.15) is 55.0 Å². The maximum absolute atomic E-state index is 12.5. The molecule has 4 rings (SSSR count). The molecule has 174 valence electrons. The van der Waals surface area contributed by atoms with Gasteiger partial charge in [-0.05, 0) is 49.5 Å². The summed E-state index contributed by atoms with van der Waals surface area (Å²) < 4.78 is 0. The molecule has 33 heavy (non-hydrogen) atoms. The topological polar surface area (TPSA) is 68.5 Å². The number of amides is 1. The van der Waals surface area contributed by atoms with Crippen LogP contribution in [0.2, 0.25) is 0 Å². The molecule has 0 aromatic carbocycles. The van der Waals surface area contributed by atoms with Crippen molar-refractivity contribution in [3.63, 3.8) is 0 Å². The summed E-state index contributed by atoms with van der Waals surface area (Å²) in [5.41, 5.74) is 4.36. The molecule has 1 aromatic heterocycles. The lowest BCUT2D eigenvalue weighted by Gasteiger charge is -2.27. The average molecular weight is 463 g/mol. The Kier molecular flexibility index (Phi) is 8.85. The molecule has 1 fully saturated rings. The van der Waals surface area contributed by atoms with E-state index in [4.69, 9.17) is 0 Å². The number of fused-ring (bicyclic) bond motifs is 1. The minimum Gasteiger partial charge on any atom is -0.379 e. The van der Waals surface area contributed by atoms with Crippen LogP contribution in [0.4, 0.5) is 5.00 Å². The van der Waals surface area contributed by atoms with Crippen LogP contribution in [0, 0.1) is 23.2 Å². The van der Waals surface area contributed by atoms with Crippen molar-refractivity contribution in [2.75, 3.05) is 18.9 Å². The van der Waals surface area contributed by atoms with Crippen molar-refractivity contribution in [2.24, 2.45) is 16.8 Å². The van der Waals surface area contributed by atoms with Crippen molar-refractivity contribution in [2.45, 2.75) is 52.0 Å². The lowest BCUT2D eigenvalue weighted by molar-refractivity contribution is -0.130. The first-order chi connectivity index (χ1) is 16.1. The molecule has 2 aliphatic heterocycles. The molecule has 1 aliphatic carbocycles. The molecule has 1 amide bonds. The number of nitrogens with one attached hydrogen (secondary N) is 1. The number of aliphatic imine (C=N–C) groups is 1. The molecule has 0 spiro atoms. The normalized spacial score (nSPS) is 21.1. The van der Waals surface area contributed by atoms with Gasteiger partial charge >= 0.3 is 0 Å². The molecule has 3 aliphatic rings. The van der Waals surface area contributed by atoms with Gasteiger partial charge < -0.3 is 10.2 Å². The highest BCUT2D eigenvalue weighted by Crippen LogP contribution is 2.45. The molecule has 0 bridgehead atoms. The van der Waals surface area contributed by atoms with E-state index in [1.54, 1.807) is 17.5 Å². The van der Waals surface area contributed by atoms with Crippen LogP contribution in [0.5, 0.6) is 0 Å². The van der Waals surface area contributed by atoms with Gasteiger partial charge in [0.2, 0.25) is 5.91 Å². The first-order valence-corrected chi connectivity index (χ1v) is 12.5. The Hall–Kier alpha value is -2.91. The van der Waals surface area contributed by atoms with E-state index >= 15 is 0 Å². The van der Waals surface area contributed by atoms with Crippen LogP contribution < -0.4 is 5.32 Å². The third kappa shape index (κ3) is 6.11. The van der Waals surface area contributed by atoms with Crippen molar-refractivity contribution < 1.29 is 4.79 Å². The quantitative estimate of drug-likeness (QED) is 0.398. The standard InChI is InChI=1S/C16H18N4OS.C11H16/c1-18-16-13(9-17)12-5-7-20(10-14(12)22-16)15(21)8-11-4-2-3-6-19-11;1-4-7-9(5-2)11-8-10(11)6-3/h3,6,18H,2,4-5,7-8,10H2,1H3;4,6-7,10-11H,1,3,5,8H2,2H3/b;9-7+. The Balaban J connectivity index is 0.000000235. The highest BCUT2D eigenvalue weighted by Gasteiger charge is 2.35. The van der Waals surface area contributed by atoms with Crippen molar-refractivity contribution in [1.82, 2.24) is 4.90 Å². The molecule has 0 radical (unpaired) electrons. The molecule has 2 atom stereocenters. The summed E-state index contributed by atoms with van der Waals surface area (Å²) in [4.78, 5) is 19.8. The van der Waals surface area contributed by atoms with E-state index in [-0.39, 0.29) is 5.91 Å². The number of rotatable bonds is 7. The minimum absolute atomic E-state index is 0.137. The monoisotopic (exact) mass is 462 g/mol. The highest BCUT2D eigenvalue weighted by molar-refractivity contribution is 7.16. The molecule has 1 N–H and O–H groups in total. The summed E-state index contributed by atoms with van der Waals surface area (Å²) in [7, 11) is 1.83. The van der Waals surface area contributed by atoms with Gasteiger partial charge in [0.05, 0.1) is 18.5 Å². The zero-order valence-electron chi connectivity index (χ0n) is 19.8. The number of allylic oxidation sites excluding steroid dienone is 5. The smallest absolute Gasteiger partial charge is 0.228 e. The summed E-state index contributed by atoms with van der Waals surface area (Å²) in [6, 6.07) is 2.28. The average Bonchev–Trinajstić information content (AvgIpc) is 3.54. The van der Waals surface area contributed by atoms with Crippen molar-refractivity contribution in [3.8, 4) is 6.07 Å². The largest absolute Gasteiger partial charge is 0.379 e. The zero-order valence-corrected chi connectivity index (χ0v) is 20.6. The fourth-order valence-electron chi connectivity index (χ4n) is 4.43. The predicted octanol–water partition coefficient (Wildman–Crippen LogP) is 6.02. The van der Waals surface area contributed by atoms with Crippen LogP contribution in [-0.2, 0) is 17.8 Å². The maximum atomic E-state index is 12.5. The molecule has 6 heteroatoms. The van der Waals surface area contributed by atoms with Gasteiger partial charge in [-0.3, -0.25) is 9.79 Å². The van der Waals surface area contributed by atoms with Gasteiger partial charge in [-0.1, -0.05) is 43.4 Å². The van der Waals surface area contributed by atoms with E-state index in [9.17, 15) is 10.1 Å². The SMILES string of the molecule is C=C/C=C(\CC)C1CC1C=C.CNc1sc2c(c1C#N)CCN(C(=O)CC1=NC=CCC1)C2. The molecule has 0 saturated heterocycles. The summed E-state index contributed by atoms with van der Waals surface area (Å²) in [6.07, 6.45) is 15.4. The Labute approximate surface area is 201 Å². The van der Waals surface area contributed by atoms with Crippen LogP contribution in [0.25, 0.3) is 0 Å². The second-order valence-electron chi connectivity index (χ2n) is 8.50. The van der Waals surface area contributed by atoms with Gasteiger partial charge in [0.25, 0.3) is 0 Å². The van der Waals surface area contributed by atoms with Crippen molar-refractivity contribution >= 4 is 28.0 Å². The van der Waals surface area contributed by atoms with Gasteiger partial charge in [-0.25, -0.2) is 0 Å². The Morgan fingerprint density at radius 1 is 1.42 bits per heavy atom. The van der Waals surface area contributed by atoms with Gasteiger partial charge in [-0.15, -0.1) is 17.9 Å². The number of nitriles is 1. The van der Waals surface area contributed by atoms with E-state index in [0.29, 0.717) is 19.5 Å². The first-order valence-electron chi connectivity index (χ1n) is 11.7. The molecule has 2 unspecified atom stereocenters. The van der Waals surface area contributed by atoms with Gasteiger partial charge in [0.1, 0.15) is 11.1 Å². The van der Waals surface area contributed by atoms with Crippen molar-refractivity contribution in [1.29, 1.82) is 5.26 Å². The predicted molar refractivity (Wildman–Crippen MR) is 138 cm³/mol. The van der Waals surface area contributed by atoms with Crippen LogP contribution >= 0.6 is 11.3 Å². The number of hydrogen-bond donors (Lipinski definition) is 1. The van der Waals surface area contributed by atoms with Gasteiger partial charge in [-0.2, -0.15) is 5.26 Å². The fourth-order valence-corrected chi connectivity index (χ4v) is 5.60. The molecular formula is C27H34N4OS. The van der Waals surface area contributed by atoms with E-state index in [1.165, 1.54) is 12.0 Å². The fraction of sp³-hybridized carbons (Fsp3) is 0.444. The Morgan fingerprint density at radius 2 is 2.24 bits per heavy atom. The van der Waals surface area contributed by atoms with Crippen LogP contribution in [0.15, 0.2) is 54.2 Å². The van der Waals surface area contributed by atoms with E-state index in [2.05, 4.69) is 48.6 Å². The van der Waals surface area contributed by atoms with Gasteiger partial charge in [0.15, 0.2) is 0 Å².